The molecule has 1 unspecified atom stereocenters. The van der Waals surface area contributed by atoms with Crippen LogP contribution in [0.3, 0.4) is 0 Å². The average molecular weight is 474 g/mol. The molecule has 2 amide bonds. The van der Waals surface area contributed by atoms with E-state index in [-0.39, 0.29) is 23.5 Å². The van der Waals surface area contributed by atoms with Crippen LogP contribution in [0.2, 0.25) is 0 Å². The number of halogens is 1. The predicted octanol–water partition coefficient (Wildman–Crippen LogP) is 4.74. The number of nitrogens with zero attached hydrogens (tertiary/aromatic N) is 3. The minimum Gasteiger partial charge on any atom is -0.341 e. The number of hydrogen-bond acceptors (Lipinski definition) is 3. The summed E-state index contributed by atoms with van der Waals surface area (Å²) in [4.78, 5) is 34.8. The number of benzene rings is 2. The van der Waals surface area contributed by atoms with Gasteiger partial charge in [0.1, 0.15) is 5.82 Å². The van der Waals surface area contributed by atoms with Gasteiger partial charge in [0, 0.05) is 50.9 Å². The highest BCUT2D eigenvalue weighted by Crippen LogP contribution is 2.43. The number of amides is 2. The number of aromatic nitrogens is 1. The fourth-order valence-corrected chi connectivity index (χ4v) is 6.03. The van der Waals surface area contributed by atoms with Crippen LogP contribution in [0.1, 0.15) is 43.7 Å². The van der Waals surface area contributed by atoms with Crippen molar-refractivity contribution in [3.8, 4) is 0 Å². The van der Waals surface area contributed by atoms with Crippen LogP contribution >= 0.6 is 0 Å². The molecule has 1 aliphatic heterocycles. The maximum atomic E-state index is 14.2. The SMILES string of the molecule is CC(=O)N1CCN(C(=O)C2(c3ccc(F)cc3)CCCC2)CC(Cc2cncc3ccccc23)C1. The third-order valence-corrected chi connectivity index (χ3v) is 7.85. The Kier molecular flexibility index (Phi) is 6.54. The molecule has 5 rings (SSSR count). The summed E-state index contributed by atoms with van der Waals surface area (Å²) in [6.07, 6.45) is 8.06. The maximum absolute atomic E-state index is 14.2. The van der Waals surface area contributed by atoms with Gasteiger partial charge in [-0.25, -0.2) is 4.39 Å². The van der Waals surface area contributed by atoms with Gasteiger partial charge in [-0.15, -0.1) is 0 Å². The van der Waals surface area contributed by atoms with Crippen molar-refractivity contribution in [3.05, 3.63) is 77.9 Å². The highest BCUT2D eigenvalue weighted by molar-refractivity contribution is 5.89. The number of hydrogen-bond donors (Lipinski definition) is 0. The quantitative estimate of drug-likeness (QED) is 0.550. The third-order valence-electron chi connectivity index (χ3n) is 7.85. The van der Waals surface area contributed by atoms with E-state index in [0.717, 1.165) is 54.0 Å². The van der Waals surface area contributed by atoms with Crippen molar-refractivity contribution in [2.45, 2.75) is 44.4 Å². The average Bonchev–Trinajstić information content (AvgIpc) is 3.27. The second kappa shape index (κ2) is 9.76. The minimum atomic E-state index is -0.607. The summed E-state index contributed by atoms with van der Waals surface area (Å²) >= 11 is 0. The van der Waals surface area contributed by atoms with Crippen LogP contribution in [0.25, 0.3) is 10.8 Å². The van der Waals surface area contributed by atoms with E-state index in [9.17, 15) is 14.0 Å². The van der Waals surface area contributed by atoms with Gasteiger partial charge in [-0.1, -0.05) is 49.2 Å². The largest absolute Gasteiger partial charge is 0.341 e. The zero-order valence-electron chi connectivity index (χ0n) is 20.3. The number of fused-ring (bicyclic) bond motifs is 1. The second-order valence-electron chi connectivity index (χ2n) is 10.1. The molecule has 1 aliphatic carbocycles. The molecule has 0 bridgehead atoms. The first-order valence-electron chi connectivity index (χ1n) is 12.6. The highest BCUT2D eigenvalue weighted by Gasteiger charge is 2.45. The van der Waals surface area contributed by atoms with Gasteiger partial charge < -0.3 is 9.80 Å². The molecule has 1 saturated carbocycles. The molecule has 1 saturated heterocycles. The smallest absolute Gasteiger partial charge is 0.233 e. The molecule has 2 heterocycles. The lowest BCUT2D eigenvalue weighted by molar-refractivity contribution is -0.138. The Morgan fingerprint density at radius 1 is 0.971 bits per heavy atom. The van der Waals surface area contributed by atoms with Crippen molar-refractivity contribution in [2.75, 3.05) is 26.2 Å². The molecule has 6 heteroatoms. The van der Waals surface area contributed by atoms with E-state index >= 15 is 0 Å². The summed E-state index contributed by atoms with van der Waals surface area (Å²) in [6, 6.07) is 14.7. The van der Waals surface area contributed by atoms with Gasteiger partial charge in [0.05, 0.1) is 5.41 Å². The minimum absolute atomic E-state index is 0.0365. The fraction of sp³-hybridized carbons (Fsp3) is 0.414. The van der Waals surface area contributed by atoms with E-state index in [4.69, 9.17) is 0 Å². The summed E-state index contributed by atoms with van der Waals surface area (Å²) in [7, 11) is 0. The van der Waals surface area contributed by atoms with Gasteiger partial charge in [-0.3, -0.25) is 14.6 Å². The number of rotatable bonds is 4. The van der Waals surface area contributed by atoms with Gasteiger partial charge in [-0.2, -0.15) is 0 Å². The molecule has 182 valence electrons. The van der Waals surface area contributed by atoms with Crippen molar-refractivity contribution in [3.63, 3.8) is 0 Å². The second-order valence-corrected chi connectivity index (χ2v) is 10.1. The van der Waals surface area contributed by atoms with Gasteiger partial charge in [-0.05, 0) is 53.8 Å². The van der Waals surface area contributed by atoms with Gasteiger partial charge in [0.15, 0.2) is 0 Å². The van der Waals surface area contributed by atoms with E-state index in [0.29, 0.717) is 26.2 Å². The van der Waals surface area contributed by atoms with E-state index in [1.54, 1.807) is 19.1 Å². The molecule has 0 spiro atoms. The summed E-state index contributed by atoms with van der Waals surface area (Å²) < 4.78 is 13.7. The van der Waals surface area contributed by atoms with Crippen molar-refractivity contribution >= 4 is 22.6 Å². The first kappa shape index (κ1) is 23.5. The normalized spacial score (nSPS) is 20.1. The summed E-state index contributed by atoms with van der Waals surface area (Å²) in [5.41, 5.74) is 1.44. The number of carbonyl (C=O) groups excluding carboxylic acids is 2. The van der Waals surface area contributed by atoms with E-state index in [2.05, 4.69) is 17.1 Å². The van der Waals surface area contributed by atoms with E-state index in [1.165, 1.54) is 12.1 Å². The summed E-state index contributed by atoms with van der Waals surface area (Å²) in [6.45, 7) is 3.86. The number of pyridine rings is 1. The molecule has 2 fully saturated rings. The Balaban J connectivity index is 1.45. The molecule has 1 aromatic heterocycles. The van der Waals surface area contributed by atoms with Crippen molar-refractivity contribution in [2.24, 2.45) is 5.92 Å². The predicted molar refractivity (Wildman–Crippen MR) is 134 cm³/mol. The van der Waals surface area contributed by atoms with Crippen molar-refractivity contribution in [1.29, 1.82) is 0 Å². The lowest BCUT2D eigenvalue weighted by Crippen LogP contribution is -2.48. The lowest BCUT2D eigenvalue weighted by Gasteiger charge is -2.35. The first-order chi connectivity index (χ1) is 17.0. The molecular formula is C29H32FN3O2. The molecule has 2 aromatic carbocycles. The van der Waals surface area contributed by atoms with Crippen LogP contribution in [0.4, 0.5) is 4.39 Å². The monoisotopic (exact) mass is 473 g/mol. The summed E-state index contributed by atoms with van der Waals surface area (Å²) in [5.74, 6) is -0.0304. The molecule has 3 aromatic rings. The first-order valence-corrected chi connectivity index (χ1v) is 12.6. The summed E-state index contributed by atoms with van der Waals surface area (Å²) in [5, 5.41) is 2.26. The van der Waals surface area contributed by atoms with Crippen LogP contribution in [0, 0.1) is 11.7 Å². The number of carbonyl (C=O) groups is 2. The molecular weight excluding hydrogens is 441 g/mol. The Morgan fingerprint density at radius 3 is 2.40 bits per heavy atom. The van der Waals surface area contributed by atoms with Gasteiger partial charge in [0.25, 0.3) is 0 Å². The van der Waals surface area contributed by atoms with Crippen LogP contribution in [0.5, 0.6) is 0 Å². The topological polar surface area (TPSA) is 53.5 Å². The Morgan fingerprint density at radius 2 is 1.66 bits per heavy atom. The molecule has 5 nitrogen and oxygen atoms in total. The lowest BCUT2D eigenvalue weighted by atomic mass is 9.77. The Hall–Kier alpha value is -3.28. The Bertz CT molecular complexity index is 1210. The van der Waals surface area contributed by atoms with E-state index in [1.807, 2.05) is 34.3 Å². The zero-order chi connectivity index (χ0) is 24.4. The van der Waals surface area contributed by atoms with Crippen LogP contribution in [0.15, 0.2) is 60.9 Å². The van der Waals surface area contributed by atoms with Crippen LogP contribution in [-0.2, 0) is 21.4 Å². The van der Waals surface area contributed by atoms with E-state index < -0.39 is 5.41 Å². The third kappa shape index (κ3) is 4.66. The van der Waals surface area contributed by atoms with Crippen molar-refractivity contribution < 1.29 is 14.0 Å². The molecule has 2 aliphatic rings. The Labute approximate surface area is 205 Å². The molecule has 1 atom stereocenters. The van der Waals surface area contributed by atoms with Crippen LogP contribution < -0.4 is 0 Å². The highest BCUT2D eigenvalue weighted by atomic mass is 19.1. The van der Waals surface area contributed by atoms with Gasteiger partial charge in [0.2, 0.25) is 11.8 Å². The molecule has 35 heavy (non-hydrogen) atoms. The molecule has 0 N–H and O–H groups in total. The molecule has 0 radical (unpaired) electrons. The standard InChI is InChI=1S/C29H32FN3O2/c1-21(34)32-14-15-33(28(35)29(12-4-5-13-29)25-8-10-26(30)11-9-25)20-22(19-32)16-24-18-31-17-23-6-2-3-7-27(23)24/h2-3,6-11,17-18,22H,4-5,12-16,19-20H2,1H3. The maximum Gasteiger partial charge on any atom is 0.233 e. The zero-order valence-corrected chi connectivity index (χ0v) is 20.3. The van der Waals surface area contributed by atoms with Crippen molar-refractivity contribution in [1.82, 2.24) is 14.8 Å². The van der Waals surface area contributed by atoms with Gasteiger partial charge >= 0.3 is 0 Å². The van der Waals surface area contributed by atoms with Crippen LogP contribution in [-0.4, -0.2) is 52.8 Å². The fourth-order valence-electron chi connectivity index (χ4n) is 6.03.